The van der Waals surface area contributed by atoms with Crippen molar-refractivity contribution in [2.75, 3.05) is 18.5 Å². The summed E-state index contributed by atoms with van der Waals surface area (Å²) in [7, 11) is 0. The topological polar surface area (TPSA) is 89.3 Å². The number of hydrogen-bond acceptors (Lipinski definition) is 5. The molecule has 0 amide bonds. The maximum Gasteiger partial charge on any atom is 0.305 e. The third-order valence-electron chi connectivity index (χ3n) is 6.10. The van der Waals surface area contributed by atoms with Crippen LogP contribution in [0.2, 0.25) is 10.0 Å². The number of aliphatic carboxylic acids is 1. The molecule has 0 saturated heterocycles. The number of fused-ring (bicyclic) bond motifs is 2. The Morgan fingerprint density at radius 3 is 2.80 bits per heavy atom. The van der Waals surface area contributed by atoms with Crippen molar-refractivity contribution in [2.24, 2.45) is 0 Å². The monoisotopic (exact) mass is 510 g/mol. The number of rotatable bonds is 8. The first kappa shape index (κ1) is 23.5. The van der Waals surface area contributed by atoms with Crippen molar-refractivity contribution in [1.29, 1.82) is 0 Å². The average Bonchev–Trinajstić information content (AvgIpc) is 3.26. The first-order valence-corrected chi connectivity index (χ1v) is 12.2. The number of ether oxygens (including phenoxy) is 1. The number of halogens is 2. The molecule has 4 aromatic rings. The van der Waals surface area contributed by atoms with Gasteiger partial charge in [0, 0.05) is 28.7 Å². The van der Waals surface area contributed by atoms with Gasteiger partial charge in [-0.05, 0) is 60.4 Å². The summed E-state index contributed by atoms with van der Waals surface area (Å²) in [4.78, 5) is 16.4. The van der Waals surface area contributed by atoms with Gasteiger partial charge in [-0.25, -0.2) is 4.98 Å². The molecule has 0 fully saturated rings. The highest BCUT2D eigenvalue weighted by molar-refractivity contribution is 6.34. The number of nitrogens with zero attached hydrogens (tertiary/aromatic N) is 3. The molecule has 2 aromatic carbocycles. The molecule has 180 valence electrons. The zero-order valence-corrected chi connectivity index (χ0v) is 20.4. The van der Waals surface area contributed by atoms with Crippen LogP contribution in [0.15, 0.2) is 54.7 Å². The van der Waals surface area contributed by atoms with Gasteiger partial charge >= 0.3 is 5.97 Å². The van der Waals surface area contributed by atoms with Crippen molar-refractivity contribution in [3.05, 3.63) is 81.6 Å². The summed E-state index contributed by atoms with van der Waals surface area (Å²) in [6, 6.07) is 14.3. The molecule has 2 aromatic heterocycles. The molecule has 5 rings (SSSR count). The SMILES string of the molecule is O=C(O)CC(c1cc(Cl)cc(Cl)c1)n1ncc2c(OCCc3ccc4c(n3)NCCC4)cccc21. The van der Waals surface area contributed by atoms with Crippen LogP contribution in [0, 0.1) is 0 Å². The largest absolute Gasteiger partial charge is 0.492 e. The molecule has 0 bridgehead atoms. The van der Waals surface area contributed by atoms with E-state index in [1.54, 1.807) is 29.1 Å². The van der Waals surface area contributed by atoms with Crippen molar-refractivity contribution in [1.82, 2.24) is 14.8 Å². The summed E-state index contributed by atoms with van der Waals surface area (Å²) in [5.41, 5.74) is 3.67. The molecule has 1 unspecified atom stereocenters. The number of anilines is 1. The van der Waals surface area contributed by atoms with E-state index >= 15 is 0 Å². The molecule has 2 N–H and O–H groups in total. The van der Waals surface area contributed by atoms with E-state index in [4.69, 9.17) is 32.9 Å². The maximum absolute atomic E-state index is 11.7. The van der Waals surface area contributed by atoms with Crippen LogP contribution in [0.25, 0.3) is 10.9 Å². The zero-order valence-electron chi connectivity index (χ0n) is 18.9. The third kappa shape index (κ3) is 5.21. The van der Waals surface area contributed by atoms with E-state index in [-0.39, 0.29) is 6.42 Å². The number of pyridine rings is 1. The van der Waals surface area contributed by atoms with Crippen molar-refractivity contribution in [2.45, 2.75) is 31.7 Å². The third-order valence-corrected chi connectivity index (χ3v) is 6.54. The van der Waals surface area contributed by atoms with Gasteiger partial charge in [-0.2, -0.15) is 5.10 Å². The van der Waals surface area contributed by atoms with E-state index < -0.39 is 12.0 Å². The van der Waals surface area contributed by atoms with Crippen LogP contribution >= 0.6 is 23.2 Å². The first-order valence-electron chi connectivity index (χ1n) is 11.5. The second kappa shape index (κ2) is 10.1. The van der Waals surface area contributed by atoms with E-state index in [1.807, 2.05) is 18.2 Å². The van der Waals surface area contributed by atoms with Gasteiger partial charge in [0.15, 0.2) is 0 Å². The van der Waals surface area contributed by atoms with Crippen molar-refractivity contribution in [3.8, 4) is 5.75 Å². The fourth-order valence-corrected chi connectivity index (χ4v) is 5.01. The predicted molar refractivity (Wildman–Crippen MR) is 137 cm³/mol. The van der Waals surface area contributed by atoms with Crippen LogP contribution in [0.3, 0.4) is 0 Å². The number of hydrogen-bond donors (Lipinski definition) is 2. The fourth-order valence-electron chi connectivity index (χ4n) is 4.47. The van der Waals surface area contributed by atoms with Gasteiger partial charge in [0.05, 0.1) is 36.2 Å². The van der Waals surface area contributed by atoms with E-state index in [0.717, 1.165) is 41.8 Å². The Morgan fingerprint density at radius 1 is 1.17 bits per heavy atom. The summed E-state index contributed by atoms with van der Waals surface area (Å²) >= 11 is 12.4. The minimum Gasteiger partial charge on any atom is -0.492 e. The molecular weight excluding hydrogens is 487 g/mol. The maximum atomic E-state index is 11.7. The van der Waals surface area contributed by atoms with Gasteiger partial charge in [0.2, 0.25) is 0 Å². The smallest absolute Gasteiger partial charge is 0.305 e. The van der Waals surface area contributed by atoms with Gasteiger partial charge in [-0.3, -0.25) is 9.48 Å². The standard InChI is InChI=1S/C26H24Cl2N4O3/c27-18-11-17(12-19(28)13-18)23(14-25(33)34)32-22-4-1-5-24(21(22)15-30-32)35-10-8-20-7-6-16-3-2-9-29-26(16)31-20/h1,4-7,11-13,15,23H,2-3,8-10,14H2,(H,29,31)(H,33,34). The van der Waals surface area contributed by atoms with E-state index in [2.05, 4.69) is 22.5 Å². The summed E-state index contributed by atoms with van der Waals surface area (Å²) in [6.07, 6.45) is 4.39. The Labute approximate surface area is 212 Å². The van der Waals surface area contributed by atoms with Gasteiger partial charge in [-0.15, -0.1) is 0 Å². The van der Waals surface area contributed by atoms with Crippen LogP contribution < -0.4 is 10.1 Å². The molecule has 1 aliphatic rings. The molecule has 0 radical (unpaired) electrons. The number of carboxylic acids is 1. The van der Waals surface area contributed by atoms with Gasteiger partial charge in [0.1, 0.15) is 11.6 Å². The Morgan fingerprint density at radius 2 is 2.00 bits per heavy atom. The number of aryl methyl sites for hydroxylation is 1. The Bertz CT molecular complexity index is 1370. The lowest BCUT2D eigenvalue weighted by atomic mass is 10.0. The minimum absolute atomic E-state index is 0.170. The zero-order chi connectivity index (χ0) is 24.4. The average molecular weight is 511 g/mol. The van der Waals surface area contributed by atoms with Gasteiger partial charge < -0.3 is 15.2 Å². The highest BCUT2D eigenvalue weighted by Gasteiger charge is 2.22. The Balaban J connectivity index is 1.38. The van der Waals surface area contributed by atoms with Crippen LogP contribution in [0.1, 0.15) is 35.7 Å². The molecular formula is C26H24Cl2N4O3. The molecule has 9 heteroatoms. The van der Waals surface area contributed by atoms with Crippen molar-refractivity contribution >= 4 is 45.9 Å². The Kier molecular flexibility index (Phi) is 6.79. The lowest BCUT2D eigenvalue weighted by Crippen LogP contribution is -2.16. The van der Waals surface area contributed by atoms with Crippen LogP contribution in [-0.4, -0.2) is 39.0 Å². The summed E-state index contributed by atoms with van der Waals surface area (Å²) in [6.45, 7) is 1.41. The molecule has 7 nitrogen and oxygen atoms in total. The fraction of sp³-hybridized carbons (Fsp3) is 0.269. The highest BCUT2D eigenvalue weighted by atomic mass is 35.5. The number of nitrogens with one attached hydrogen (secondary N) is 1. The highest BCUT2D eigenvalue weighted by Crippen LogP contribution is 2.33. The first-order chi connectivity index (χ1) is 17.0. The number of carboxylic acid groups (broad SMARTS) is 1. The molecule has 0 saturated carbocycles. The summed E-state index contributed by atoms with van der Waals surface area (Å²) in [5, 5.41) is 19.1. The molecule has 1 atom stereocenters. The molecule has 0 aliphatic carbocycles. The summed E-state index contributed by atoms with van der Waals surface area (Å²) in [5.74, 6) is 0.708. The summed E-state index contributed by atoms with van der Waals surface area (Å²) < 4.78 is 7.80. The lowest BCUT2D eigenvalue weighted by molar-refractivity contribution is -0.137. The minimum atomic E-state index is -0.950. The van der Waals surface area contributed by atoms with Gasteiger partial charge in [-0.1, -0.05) is 35.3 Å². The quantitative estimate of drug-likeness (QED) is 0.312. The number of aromatic nitrogens is 3. The number of carbonyl (C=O) groups is 1. The Hall–Kier alpha value is -3.29. The second-order valence-electron chi connectivity index (χ2n) is 8.53. The van der Waals surface area contributed by atoms with Crippen LogP contribution in [0.5, 0.6) is 5.75 Å². The van der Waals surface area contributed by atoms with E-state index in [0.29, 0.717) is 34.4 Å². The second-order valence-corrected chi connectivity index (χ2v) is 9.41. The molecule has 35 heavy (non-hydrogen) atoms. The van der Waals surface area contributed by atoms with Crippen LogP contribution in [-0.2, 0) is 17.6 Å². The predicted octanol–water partition coefficient (Wildman–Crippen LogP) is 5.78. The normalized spacial score (nSPS) is 13.8. The number of benzene rings is 2. The van der Waals surface area contributed by atoms with Gasteiger partial charge in [0.25, 0.3) is 0 Å². The molecule has 0 spiro atoms. The van der Waals surface area contributed by atoms with E-state index in [1.165, 1.54) is 5.56 Å². The molecule has 3 heterocycles. The van der Waals surface area contributed by atoms with Crippen LogP contribution in [0.4, 0.5) is 5.82 Å². The lowest BCUT2D eigenvalue weighted by Gasteiger charge is -2.18. The van der Waals surface area contributed by atoms with Crippen molar-refractivity contribution < 1.29 is 14.6 Å². The molecule has 1 aliphatic heterocycles. The van der Waals surface area contributed by atoms with E-state index in [9.17, 15) is 9.90 Å². The van der Waals surface area contributed by atoms with Crippen molar-refractivity contribution in [3.63, 3.8) is 0 Å².